The molecule has 0 saturated carbocycles. The van der Waals surface area contributed by atoms with Crippen LogP contribution in [0, 0.1) is 0 Å². The zero-order valence-corrected chi connectivity index (χ0v) is 13.5. The van der Waals surface area contributed by atoms with E-state index in [0.29, 0.717) is 9.80 Å². The first-order chi connectivity index (χ1) is 11.2. The van der Waals surface area contributed by atoms with Crippen LogP contribution >= 0.6 is 0 Å². The number of amides is 4. The molecule has 0 aromatic rings. The van der Waals surface area contributed by atoms with Gasteiger partial charge in [-0.3, -0.25) is 19.4 Å². The summed E-state index contributed by atoms with van der Waals surface area (Å²) in [5, 5.41) is 0. The lowest BCUT2D eigenvalue weighted by Crippen LogP contribution is -2.37. The van der Waals surface area contributed by atoms with E-state index < -0.39 is 29.8 Å². The SMILES string of the molecule is C=C(C)C(=O)OCCN1C(=O)C(=O)N(CCOC(=O)C(=C)C)C1=O. The van der Waals surface area contributed by atoms with Crippen LogP contribution < -0.4 is 0 Å². The molecule has 0 aromatic heterocycles. The molecule has 0 N–H and O–H groups in total. The molecule has 1 rings (SSSR count). The molecular formula is C15H18N2O7. The van der Waals surface area contributed by atoms with Gasteiger partial charge in [0.25, 0.3) is 0 Å². The summed E-state index contributed by atoms with van der Waals surface area (Å²) >= 11 is 0. The number of urea groups is 1. The van der Waals surface area contributed by atoms with Gasteiger partial charge in [0.1, 0.15) is 13.2 Å². The van der Waals surface area contributed by atoms with Crippen molar-refractivity contribution in [3.05, 3.63) is 24.3 Å². The van der Waals surface area contributed by atoms with Gasteiger partial charge in [0, 0.05) is 11.1 Å². The van der Waals surface area contributed by atoms with Crippen LogP contribution in [0.25, 0.3) is 0 Å². The van der Waals surface area contributed by atoms with Crippen LogP contribution in [-0.2, 0) is 28.7 Å². The summed E-state index contributed by atoms with van der Waals surface area (Å²) in [4.78, 5) is 59.4. The average Bonchev–Trinajstić information content (AvgIpc) is 2.71. The van der Waals surface area contributed by atoms with Gasteiger partial charge in [-0.25, -0.2) is 14.4 Å². The molecule has 0 aliphatic carbocycles. The maximum Gasteiger partial charge on any atom is 0.334 e. The summed E-state index contributed by atoms with van der Waals surface area (Å²) in [6.07, 6.45) is 0. The minimum Gasteiger partial charge on any atom is -0.460 e. The van der Waals surface area contributed by atoms with Crippen LogP contribution in [0.5, 0.6) is 0 Å². The molecule has 0 atom stereocenters. The summed E-state index contributed by atoms with van der Waals surface area (Å²) in [6, 6.07) is -0.859. The first kappa shape index (κ1) is 19.1. The molecule has 1 heterocycles. The lowest BCUT2D eigenvalue weighted by atomic mass is 10.4. The molecule has 1 saturated heterocycles. The second-order valence-corrected chi connectivity index (χ2v) is 5.03. The first-order valence-corrected chi connectivity index (χ1v) is 6.99. The fourth-order valence-corrected chi connectivity index (χ4v) is 1.65. The van der Waals surface area contributed by atoms with Gasteiger partial charge in [-0.15, -0.1) is 0 Å². The largest absolute Gasteiger partial charge is 0.460 e. The van der Waals surface area contributed by atoms with E-state index >= 15 is 0 Å². The molecule has 130 valence electrons. The average molecular weight is 338 g/mol. The third-order valence-electron chi connectivity index (χ3n) is 2.93. The maximum absolute atomic E-state index is 12.0. The maximum atomic E-state index is 12.0. The predicted molar refractivity (Wildman–Crippen MR) is 80.4 cm³/mol. The molecule has 0 spiro atoms. The van der Waals surface area contributed by atoms with Crippen molar-refractivity contribution in [1.82, 2.24) is 9.80 Å². The molecule has 1 aliphatic heterocycles. The highest BCUT2D eigenvalue weighted by Gasteiger charge is 2.44. The number of imide groups is 2. The Labute approximate surface area is 138 Å². The van der Waals surface area contributed by atoms with E-state index in [2.05, 4.69) is 13.2 Å². The van der Waals surface area contributed by atoms with Gasteiger partial charge >= 0.3 is 29.8 Å². The summed E-state index contributed by atoms with van der Waals surface area (Å²) < 4.78 is 9.56. The number of nitrogens with zero attached hydrogens (tertiary/aromatic N) is 2. The molecule has 9 heteroatoms. The van der Waals surface area contributed by atoms with E-state index in [1.54, 1.807) is 0 Å². The molecule has 1 fully saturated rings. The van der Waals surface area contributed by atoms with Gasteiger partial charge in [0.15, 0.2) is 0 Å². The molecule has 1 aliphatic rings. The summed E-state index contributed by atoms with van der Waals surface area (Å²) in [6.45, 7) is 8.65. The summed E-state index contributed by atoms with van der Waals surface area (Å²) in [5.74, 6) is -3.39. The fourth-order valence-electron chi connectivity index (χ4n) is 1.65. The topological polar surface area (TPSA) is 110 Å². The van der Waals surface area contributed by atoms with Crippen LogP contribution in [0.1, 0.15) is 13.8 Å². The van der Waals surface area contributed by atoms with Gasteiger partial charge in [0.05, 0.1) is 13.1 Å². The third kappa shape index (κ3) is 4.51. The highest BCUT2D eigenvalue weighted by molar-refractivity contribution is 6.44. The fraction of sp³-hybridized carbons (Fsp3) is 0.400. The molecular weight excluding hydrogens is 320 g/mol. The van der Waals surface area contributed by atoms with E-state index in [-0.39, 0.29) is 37.4 Å². The molecule has 24 heavy (non-hydrogen) atoms. The minimum atomic E-state index is -1.03. The van der Waals surface area contributed by atoms with Crippen molar-refractivity contribution in [2.75, 3.05) is 26.3 Å². The minimum absolute atomic E-state index is 0.172. The number of hydrogen-bond acceptors (Lipinski definition) is 7. The molecule has 0 aromatic carbocycles. The van der Waals surface area contributed by atoms with Crippen LogP contribution in [0.15, 0.2) is 24.3 Å². The van der Waals surface area contributed by atoms with Crippen LogP contribution in [0.2, 0.25) is 0 Å². The Balaban J connectivity index is 2.55. The van der Waals surface area contributed by atoms with Crippen molar-refractivity contribution in [3.8, 4) is 0 Å². The number of carbonyl (C=O) groups is 5. The van der Waals surface area contributed by atoms with E-state index in [1.165, 1.54) is 13.8 Å². The number of ether oxygens (including phenoxy) is 2. The number of rotatable bonds is 8. The zero-order valence-electron chi connectivity index (χ0n) is 13.5. The van der Waals surface area contributed by atoms with E-state index in [9.17, 15) is 24.0 Å². The Morgan fingerprint density at radius 3 is 1.46 bits per heavy atom. The molecule has 4 amide bonds. The van der Waals surface area contributed by atoms with E-state index in [4.69, 9.17) is 9.47 Å². The van der Waals surface area contributed by atoms with Gasteiger partial charge in [-0.2, -0.15) is 0 Å². The van der Waals surface area contributed by atoms with Crippen LogP contribution in [-0.4, -0.2) is 65.9 Å². The van der Waals surface area contributed by atoms with Gasteiger partial charge < -0.3 is 9.47 Å². The predicted octanol–water partition coefficient (Wildman–Crippen LogP) is 0.0158. The molecule has 0 unspecified atom stereocenters. The van der Waals surface area contributed by atoms with Gasteiger partial charge in [0.2, 0.25) is 0 Å². The molecule has 0 radical (unpaired) electrons. The van der Waals surface area contributed by atoms with Gasteiger partial charge in [-0.1, -0.05) is 13.2 Å². The van der Waals surface area contributed by atoms with Crippen LogP contribution in [0.3, 0.4) is 0 Å². The molecule has 9 nitrogen and oxygen atoms in total. The lowest BCUT2D eigenvalue weighted by molar-refractivity contribution is -0.145. The Morgan fingerprint density at radius 2 is 1.17 bits per heavy atom. The van der Waals surface area contributed by atoms with Crippen molar-refractivity contribution in [1.29, 1.82) is 0 Å². The third-order valence-corrected chi connectivity index (χ3v) is 2.93. The Kier molecular flexibility index (Phi) is 6.39. The normalized spacial score (nSPS) is 14.0. The highest BCUT2D eigenvalue weighted by Crippen LogP contribution is 2.11. The van der Waals surface area contributed by atoms with E-state index in [0.717, 1.165) is 0 Å². The monoisotopic (exact) mass is 338 g/mol. The summed E-state index contributed by atoms with van der Waals surface area (Å²) in [7, 11) is 0. The highest BCUT2D eigenvalue weighted by atomic mass is 16.5. The van der Waals surface area contributed by atoms with Crippen molar-refractivity contribution < 1.29 is 33.4 Å². The van der Waals surface area contributed by atoms with Crippen molar-refractivity contribution in [3.63, 3.8) is 0 Å². The Hall–Kier alpha value is -2.97. The van der Waals surface area contributed by atoms with Crippen molar-refractivity contribution >= 4 is 29.8 Å². The quantitative estimate of drug-likeness (QED) is 0.265. The lowest BCUT2D eigenvalue weighted by Gasteiger charge is -2.15. The van der Waals surface area contributed by atoms with E-state index in [1.807, 2.05) is 0 Å². The zero-order chi connectivity index (χ0) is 18.4. The number of carbonyl (C=O) groups excluding carboxylic acids is 5. The number of esters is 2. The first-order valence-electron chi connectivity index (χ1n) is 6.99. The second-order valence-electron chi connectivity index (χ2n) is 5.03. The van der Waals surface area contributed by atoms with Crippen LogP contribution in [0.4, 0.5) is 4.79 Å². The van der Waals surface area contributed by atoms with Crippen molar-refractivity contribution in [2.24, 2.45) is 0 Å². The smallest absolute Gasteiger partial charge is 0.334 e. The standard InChI is InChI=1S/C15H18N2O7/c1-9(2)13(20)23-7-5-16-11(18)12(19)17(15(16)22)6-8-24-14(21)10(3)4/h1,3,5-8H2,2,4H3. The summed E-state index contributed by atoms with van der Waals surface area (Å²) in [5.41, 5.74) is 0.345. The van der Waals surface area contributed by atoms with Gasteiger partial charge in [-0.05, 0) is 13.8 Å². The second kappa shape index (κ2) is 8.04. The Bertz CT molecular complexity index is 571. The number of hydrogen-bond donors (Lipinski definition) is 0. The molecule has 0 bridgehead atoms. The Morgan fingerprint density at radius 1 is 0.833 bits per heavy atom. The van der Waals surface area contributed by atoms with Crippen molar-refractivity contribution in [2.45, 2.75) is 13.8 Å².